The second-order valence-electron chi connectivity index (χ2n) is 5.41. The van der Waals surface area contributed by atoms with Crippen LogP contribution in [0.15, 0.2) is 52.1 Å². The van der Waals surface area contributed by atoms with E-state index in [1.54, 1.807) is 6.26 Å². The Balaban J connectivity index is 1.94. The van der Waals surface area contributed by atoms with Crippen LogP contribution < -0.4 is 5.32 Å². The van der Waals surface area contributed by atoms with Gasteiger partial charge in [-0.3, -0.25) is 4.99 Å². The van der Waals surface area contributed by atoms with Crippen LogP contribution in [0.1, 0.15) is 23.8 Å². The zero-order chi connectivity index (χ0) is 15.8. The fourth-order valence-electron chi connectivity index (χ4n) is 2.24. The van der Waals surface area contributed by atoms with Gasteiger partial charge in [0, 0.05) is 33.1 Å². The summed E-state index contributed by atoms with van der Waals surface area (Å²) in [5, 5.41) is 3.34. The molecule has 0 bridgehead atoms. The Labute approximate surface area is 132 Å². The monoisotopic (exact) mass is 299 g/mol. The van der Waals surface area contributed by atoms with Crippen LogP contribution in [0.2, 0.25) is 0 Å². The molecule has 0 aliphatic heterocycles. The normalized spacial score (nSPS) is 11.5. The molecule has 0 atom stereocenters. The van der Waals surface area contributed by atoms with E-state index < -0.39 is 0 Å². The van der Waals surface area contributed by atoms with Gasteiger partial charge in [0.15, 0.2) is 5.96 Å². The van der Waals surface area contributed by atoms with Crippen LogP contribution in [-0.4, -0.2) is 31.0 Å². The minimum absolute atomic E-state index is 0.716. The van der Waals surface area contributed by atoms with E-state index in [1.807, 2.05) is 12.1 Å². The average molecular weight is 299 g/mol. The summed E-state index contributed by atoms with van der Waals surface area (Å²) < 4.78 is 5.34. The van der Waals surface area contributed by atoms with Gasteiger partial charge in [-0.1, -0.05) is 29.8 Å². The van der Waals surface area contributed by atoms with Crippen molar-refractivity contribution in [2.75, 3.05) is 20.1 Å². The van der Waals surface area contributed by atoms with Gasteiger partial charge in [0.25, 0.3) is 0 Å². The summed E-state index contributed by atoms with van der Waals surface area (Å²) in [4.78, 5) is 6.82. The third-order valence-corrected chi connectivity index (χ3v) is 3.44. The van der Waals surface area contributed by atoms with Crippen LogP contribution >= 0.6 is 0 Å². The van der Waals surface area contributed by atoms with Crippen molar-refractivity contribution in [3.63, 3.8) is 0 Å². The number of hydrogen-bond donors (Lipinski definition) is 1. The Bertz CT molecular complexity index is 573. The van der Waals surface area contributed by atoms with Crippen molar-refractivity contribution in [1.82, 2.24) is 10.2 Å². The first-order valence-electron chi connectivity index (χ1n) is 7.76. The van der Waals surface area contributed by atoms with Gasteiger partial charge in [-0.15, -0.1) is 0 Å². The van der Waals surface area contributed by atoms with Gasteiger partial charge in [-0.25, -0.2) is 0 Å². The molecule has 1 N–H and O–H groups in total. The first-order chi connectivity index (χ1) is 10.7. The maximum absolute atomic E-state index is 5.34. The Morgan fingerprint density at radius 2 is 2.00 bits per heavy atom. The summed E-state index contributed by atoms with van der Waals surface area (Å²) in [6.07, 6.45) is 2.52. The molecule has 4 heteroatoms. The van der Waals surface area contributed by atoms with Crippen LogP contribution in [0.3, 0.4) is 0 Å². The highest BCUT2D eigenvalue weighted by atomic mass is 16.3. The number of rotatable bonds is 6. The van der Waals surface area contributed by atoms with Crippen molar-refractivity contribution < 1.29 is 4.42 Å². The second kappa shape index (κ2) is 8.27. The Morgan fingerprint density at radius 3 is 2.64 bits per heavy atom. The zero-order valence-electron chi connectivity index (χ0n) is 13.7. The highest BCUT2D eigenvalue weighted by Crippen LogP contribution is 2.06. The molecular formula is C18H25N3O. The third-order valence-electron chi connectivity index (χ3n) is 3.44. The largest absolute Gasteiger partial charge is 0.469 e. The molecule has 1 aromatic carbocycles. The fraction of sp³-hybridized carbons (Fsp3) is 0.389. The summed E-state index contributed by atoms with van der Waals surface area (Å²) in [5.74, 6) is 1.90. The summed E-state index contributed by atoms with van der Waals surface area (Å²) in [5.41, 5.74) is 2.56. The molecule has 2 rings (SSSR count). The number of furan rings is 1. The first-order valence-corrected chi connectivity index (χ1v) is 7.76. The standard InChI is InChI=1S/C18H25N3O/c1-4-19-18(20-12-11-17-6-5-13-22-17)21(3)14-16-9-7-15(2)8-10-16/h5-10,13H,4,11-12,14H2,1-3H3,(H,19,20). The van der Waals surface area contributed by atoms with Crippen LogP contribution in [0.5, 0.6) is 0 Å². The molecule has 4 nitrogen and oxygen atoms in total. The van der Waals surface area contributed by atoms with Crippen molar-refractivity contribution in [3.8, 4) is 0 Å². The molecule has 1 heterocycles. The lowest BCUT2D eigenvalue weighted by molar-refractivity contribution is 0.474. The molecule has 0 saturated carbocycles. The predicted octanol–water partition coefficient (Wildman–Crippen LogP) is 3.23. The van der Waals surface area contributed by atoms with Crippen LogP contribution in [0.25, 0.3) is 0 Å². The van der Waals surface area contributed by atoms with Gasteiger partial charge in [0.1, 0.15) is 5.76 Å². The van der Waals surface area contributed by atoms with E-state index in [2.05, 4.69) is 60.4 Å². The van der Waals surface area contributed by atoms with Gasteiger partial charge in [-0.2, -0.15) is 0 Å². The minimum Gasteiger partial charge on any atom is -0.469 e. The van der Waals surface area contributed by atoms with Crippen molar-refractivity contribution in [3.05, 3.63) is 59.5 Å². The molecule has 0 radical (unpaired) electrons. The SMILES string of the molecule is CCNC(=NCCc1ccco1)N(C)Cc1ccc(C)cc1. The van der Waals surface area contributed by atoms with Crippen LogP contribution in [0.4, 0.5) is 0 Å². The van der Waals surface area contributed by atoms with Gasteiger partial charge in [0.2, 0.25) is 0 Å². The van der Waals surface area contributed by atoms with E-state index in [1.165, 1.54) is 11.1 Å². The number of aliphatic imine (C=N–C) groups is 1. The Morgan fingerprint density at radius 1 is 1.23 bits per heavy atom. The fourth-order valence-corrected chi connectivity index (χ4v) is 2.24. The zero-order valence-corrected chi connectivity index (χ0v) is 13.7. The molecule has 0 amide bonds. The van der Waals surface area contributed by atoms with E-state index >= 15 is 0 Å². The highest BCUT2D eigenvalue weighted by Gasteiger charge is 2.06. The Hall–Kier alpha value is -2.23. The molecule has 22 heavy (non-hydrogen) atoms. The van der Waals surface area contributed by atoms with E-state index in [9.17, 15) is 0 Å². The van der Waals surface area contributed by atoms with Gasteiger partial charge >= 0.3 is 0 Å². The van der Waals surface area contributed by atoms with Crippen molar-refractivity contribution >= 4 is 5.96 Å². The van der Waals surface area contributed by atoms with E-state index in [4.69, 9.17) is 4.42 Å². The second-order valence-corrected chi connectivity index (χ2v) is 5.41. The maximum Gasteiger partial charge on any atom is 0.193 e. The lowest BCUT2D eigenvalue weighted by Gasteiger charge is -2.22. The minimum atomic E-state index is 0.716. The molecule has 0 aliphatic carbocycles. The van der Waals surface area contributed by atoms with Crippen molar-refractivity contribution in [2.24, 2.45) is 4.99 Å². The number of nitrogens with zero attached hydrogens (tertiary/aromatic N) is 2. The lowest BCUT2D eigenvalue weighted by atomic mass is 10.1. The molecule has 0 unspecified atom stereocenters. The van der Waals surface area contributed by atoms with Crippen molar-refractivity contribution in [1.29, 1.82) is 0 Å². The van der Waals surface area contributed by atoms with E-state index in [0.29, 0.717) is 6.54 Å². The predicted molar refractivity (Wildman–Crippen MR) is 91.0 cm³/mol. The lowest BCUT2D eigenvalue weighted by Crippen LogP contribution is -2.38. The van der Waals surface area contributed by atoms with Gasteiger partial charge in [0.05, 0.1) is 6.26 Å². The molecule has 2 aromatic rings. The van der Waals surface area contributed by atoms with E-state index in [-0.39, 0.29) is 0 Å². The van der Waals surface area contributed by atoms with Crippen molar-refractivity contribution in [2.45, 2.75) is 26.8 Å². The smallest absolute Gasteiger partial charge is 0.193 e. The van der Waals surface area contributed by atoms with Crippen LogP contribution in [0, 0.1) is 6.92 Å². The highest BCUT2D eigenvalue weighted by molar-refractivity contribution is 5.79. The molecule has 118 valence electrons. The number of benzene rings is 1. The average Bonchev–Trinajstić information content (AvgIpc) is 3.02. The maximum atomic E-state index is 5.34. The number of hydrogen-bond acceptors (Lipinski definition) is 2. The number of guanidine groups is 1. The number of aryl methyl sites for hydroxylation is 1. The third kappa shape index (κ3) is 4.95. The summed E-state index contributed by atoms with van der Waals surface area (Å²) in [6, 6.07) is 12.5. The summed E-state index contributed by atoms with van der Waals surface area (Å²) in [7, 11) is 2.06. The molecule has 0 saturated heterocycles. The topological polar surface area (TPSA) is 40.8 Å². The molecule has 1 aromatic heterocycles. The van der Waals surface area contributed by atoms with Gasteiger partial charge in [-0.05, 0) is 31.5 Å². The van der Waals surface area contributed by atoms with Gasteiger partial charge < -0.3 is 14.6 Å². The number of nitrogens with one attached hydrogen (secondary N) is 1. The molecular weight excluding hydrogens is 274 g/mol. The van der Waals surface area contributed by atoms with E-state index in [0.717, 1.165) is 31.2 Å². The molecule has 0 aliphatic rings. The molecule has 0 spiro atoms. The van der Waals surface area contributed by atoms with Crippen LogP contribution in [-0.2, 0) is 13.0 Å². The Kier molecular flexibility index (Phi) is 6.07. The first kappa shape index (κ1) is 16.1. The quantitative estimate of drug-likeness (QED) is 0.657. The summed E-state index contributed by atoms with van der Waals surface area (Å²) >= 11 is 0. The molecule has 0 fully saturated rings. The summed E-state index contributed by atoms with van der Waals surface area (Å²) in [6.45, 7) is 6.61.